The second-order valence-electron chi connectivity index (χ2n) is 5.39. The second kappa shape index (κ2) is 11.1. The van der Waals surface area contributed by atoms with Crippen molar-refractivity contribution in [3.05, 3.63) is 23.8 Å². The minimum Gasteiger partial charge on any atom is -0.493 e. The number of carbonyl (C=O) groups is 1. The van der Waals surface area contributed by atoms with Crippen molar-refractivity contribution in [3.8, 4) is 11.5 Å². The molecule has 0 aliphatic carbocycles. The van der Waals surface area contributed by atoms with Gasteiger partial charge in [0, 0.05) is 25.6 Å². The van der Waals surface area contributed by atoms with E-state index < -0.39 is 6.61 Å². The van der Waals surface area contributed by atoms with Crippen molar-refractivity contribution in [2.75, 3.05) is 33.4 Å². The number of amides is 1. The summed E-state index contributed by atoms with van der Waals surface area (Å²) in [6.45, 7) is -0.568. The van der Waals surface area contributed by atoms with Crippen LogP contribution in [0.5, 0.6) is 11.5 Å². The highest BCUT2D eigenvalue weighted by Gasteiger charge is 2.16. The van der Waals surface area contributed by atoms with E-state index in [1.165, 1.54) is 13.2 Å². The summed E-state index contributed by atoms with van der Waals surface area (Å²) >= 11 is 0. The maximum absolute atomic E-state index is 12.4. The molecule has 25 heavy (non-hydrogen) atoms. The molecular weight excluding hydrogens is 358 g/mol. The molecule has 1 aliphatic rings. The van der Waals surface area contributed by atoms with Gasteiger partial charge in [-0.25, -0.2) is 0 Å². The van der Waals surface area contributed by atoms with Crippen LogP contribution in [0.2, 0.25) is 0 Å². The zero-order valence-corrected chi connectivity index (χ0v) is 14.7. The summed E-state index contributed by atoms with van der Waals surface area (Å²) in [5.74, 6) is 0.155. The number of ether oxygens (including phenoxy) is 3. The third-order valence-corrected chi connectivity index (χ3v) is 3.61. The first-order valence-corrected chi connectivity index (χ1v) is 7.78. The summed E-state index contributed by atoms with van der Waals surface area (Å²) in [4.78, 5) is 11.9. The summed E-state index contributed by atoms with van der Waals surface area (Å²) in [6.07, 6.45) is 0.853. The van der Waals surface area contributed by atoms with E-state index in [4.69, 9.17) is 9.47 Å². The average Bonchev–Trinajstić information content (AvgIpc) is 2.55. The first-order chi connectivity index (χ1) is 11.6. The molecule has 1 amide bonds. The Bertz CT molecular complexity index is 543. The summed E-state index contributed by atoms with van der Waals surface area (Å²) in [6, 6.07) is 4.84. The highest BCUT2D eigenvalue weighted by molar-refractivity contribution is 5.85. The summed E-state index contributed by atoms with van der Waals surface area (Å²) in [7, 11) is 1.39. The zero-order valence-electron chi connectivity index (χ0n) is 13.9. The molecule has 0 aromatic heterocycles. The van der Waals surface area contributed by atoms with Crippen LogP contribution in [0.15, 0.2) is 18.2 Å². The molecule has 1 fully saturated rings. The normalized spacial score (nSPS) is 16.9. The van der Waals surface area contributed by atoms with Crippen molar-refractivity contribution in [3.63, 3.8) is 0 Å². The lowest BCUT2D eigenvalue weighted by Gasteiger charge is -2.23. The van der Waals surface area contributed by atoms with Gasteiger partial charge in [-0.2, -0.15) is 8.78 Å². The average molecular weight is 381 g/mol. The standard InChI is InChI=1S/C16H22F2N2O4.ClH/c1-22-13-3-2-11(8-14(13)24-16(17)18)4-5-20-15(21)9-12-10-23-7-6-19-12;/h2-3,8,12,16,19H,4-7,9-10H2,1H3,(H,20,21);1H. The molecule has 0 saturated carbocycles. The zero-order chi connectivity index (χ0) is 17.4. The van der Waals surface area contributed by atoms with Crippen LogP contribution in [0.4, 0.5) is 8.78 Å². The number of methoxy groups -OCH3 is 1. The maximum Gasteiger partial charge on any atom is 0.387 e. The topological polar surface area (TPSA) is 68.8 Å². The Hall–Kier alpha value is -1.64. The van der Waals surface area contributed by atoms with Crippen molar-refractivity contribution in [2.24, 2.45) is 0 Å². The van der Waals surface area contributed by atoms with Crippen LogP contribution in [-0.2, 0) is 16.0 Å². The molecule has 1 saturated heterocycles. The van der Waals surface area contributed by atoms with Gasteiger partial charge in [0.25, 0.3) is 0 Å². The number of hydrogen-bond acceptors (Lipinski definition) is 5. The quantitative estimate of drug-likeness (QED) is 0.719. The van der Waals surface area contributed by atoms with Crippen molar-refractivity contribution < 1.29 is 27.8 Å². The van der Waals surface area contributed by atoms with E-state index in [1.807, 2.05) is 0 Å². The molecule has 1 atom stereocenters. The van der Waals surface area contributed by atoms with Crippen molar-refractivity contribution in [2.45, 2.75) is 25.5 Å². The van der Waals surface area contributed by atoms with E-state index in [0.717, 1.165) is 12.1 Å². The number of nitrogens with one attached hydrogen (secondary N) is 2. The van der Waals surface area contributed by atoms with E-state index in [2.05, 4.69) is 15.4 Å². The molecule has 1 aliphatic heterocycles. The molecule has 0 spiro atoms. The molecule has 142 valence electrons. The van der Waals surface area contributed by atoms with Gasteiger partial charge in [0.2, 0.25) is 5.91 Å². The molecule has 9 heteroatoms. The van der Waals surface area contributed by atoms with Gasteiger partial charge in [0.1, 0.15) is 0 Å². The number of benzene rings is 1. The van der Waals surface area contributed by atoms with E-state index in [9.17, 15) is 13.6 Å². The fraction of sp³-hybridized carbons (Fsp3) is 0.562. The fourth-order valence-electron chi connectivity index (χ4n) is 2.46. The van der Waals surface area contributed by atoms with Gasteiger partial charge in [-0.05, 0) is 24.1 Å². The second-order valence-corrected chi connectivity index (χ2v) is 5.39. The number of carbonyl (C=O) groups excluding carboxylic acids is 1. The fourth-order valence-corrected chi connectivity index (χ4v) is 2.46. The van der Waals surface area contributed by atoms with E-state index in [-0.39, 0.29) is 35.9 Å². The maximum atomic E-state index is 12.4. The highest BCUT2D eigenvalue weighted by atomic mass is 35.5. The lowest BCUT2D eigenvalue weighted by atomic mass is 10.1. The Kier molecular flexibility index (Phi) is 9.48. The molecule has 2 rings (SSSR count). The predicted octanol–water partition coefficient (Wildman–Crippen LogP) is 1.76. The van der Waals surface area contributed by atoms with E-state index >= 15 is 0 Å². The van der Waals surface area contributed by atoms with E-state index in [1.54, 1.807) is 12.1 Å². The van der Waals surface area contributed by atoms with Gasteiger partial charge in [0.15, 0.2) is 11.5 Å². The molecule has 6 nitrogen and oxygen atoms in total. The van der Waals surface area contributed by atoms with Gasteiger partial charge >= 0.3 is 6.61 Å². The largest absolute Gasteiger partial charge is 0.493 e. The van der Waals surface area contributed by atoms with Crippen LogP contribution in [-0.4, -0.2) is 52.0 Å². The number of rotatable bonds is 8. The Morgan fingerprint density at radius 3 is 2.88 bits per heavy atom. The smallest absolute Gasteiger partial charge is 0.387 e. The summed E-state index contributed by atoms with van der Waals surface area (Å²) < 4.78 is 39.5. The van der Waals surface area contributed by atoms with Crippen LogP contribution < -0.4 is 20.1 Å². The molecule has 0 bridgehead atoms. The van der Waals surface area contributed by atoms with Gasteiger partial charge in [0.05, 0.1) is 20.3 Å². The number of hydrogen-bond donors (Lipinski definition) is 2. The molecule has 1 heterocycles. The van der Waals surface area contributed by atoms with Gasteiger partial charge < -0.3 is 24.8 Å². The third kappa shape index (κ3) is 7.41. The third-order valence-electron chi connectivity index (χ3n) is 3.61. The molecular formula is C16H23ClF2N2O4. The molecule has 1 aromatic rings. The number of halogens is 3. The summed E-state index contributed by atoms with van der Waals surface area (Å²) in [5, 5.41) is 6.02. The Labute approximate surface area is 151 Å². The van der Waals surface area contributed by atoms with Crippen molar-refractivity contribution in [1.82, 2.24) is 10.6 Å². The minimum absolute atomic E-state index is 0. The van der Waals surface area contributed by atoms with Gasteiger partial charge in [-0.15, -0.1) is 12.4 Å². The van der Waals surface area contributed by atoms with Gasteiger partial charge in [-0.1, -0.05) is 6.07 Å². The SMILES string of the molecule is COc1ccc(CCNC(=O)CC2COCCN2)cc1OC(F)F.Cl. The lowest BCUT2D eigenvalue weighted by molar-refractivity contribution is -0.122. The van der Waals surface area contributed by atoms with Crippen LogP contribution in [0.3, 0.4) is 0 Å². The molecule has 0 radical (unpaired) electrons. The minimum atomic E-state index is -2.92. The molecule has 2 N–H and O–H groups in total. The first-order valence-electron chi connectivity index (χ1n) is 7.78. The Morgan fingerprint density at radius 1 is 1.44 bits per heavy atom. The number of alkyl halides is 2. The first kappa shape index (κ1) is 21.4. The molecule has 1 unspecified atom stereocenters. The summed E-state index contributed by atoms with van der Waals surface area (Å²) in [5.41, 5.74) is 0.769. The monoisotopic (exact) mass is 380 g/mol. The van der Waals surface area contributed by atoms with Crippen LogP contribution in [0, 0.1) is 0 Å². The lowest BCUT2D eigenvalue weighted by Crippen LogP contribution is -2.44. The number of morpholine rings is 1. The van der Waals surface area contributed by atoms with Crippen LogP contribution in [0.25, 0.3) is 0 Å². The van der Waals surface area contributed by atoms with Crippen molar-refractivity contribution >= 4 is 18.3 Å². The van der Waals surface area contributed by atoms with Gasteiger partial charge in [-0.3, -0.25) is 4.79 Å². The van der Waals surface area contributed by atoms with Crippen molar-refractivity contribution in [1.29, 1.82) is 0 Å². The molecule has 1 aromatic carbocycles. The predicted molar refractivity (Wildman–Crippen MR) is 90.8 cm³/mol. The Balaban J connectivity index is 0.00000312. The van der Waals surface area contributed by atoms with Crippen LogP contribution >= 0.6 is 12.4 Å². The van der Waals surface area contributed by atoms with Crippen LogP contribution in [0.1, 0.15) is 12.0 Å². The Morgan fingerprint density at radius 2 is 2.24 bits per heavy atom. The highest BCUT2D eigenvalue weighted by Crippen LogP contribution is 2.29. The van der Waals surface area contributed by atoms with E-state index in [0.29, 0.717) is 32.6 Å².